The molecule has 0 unspecified atom stereocenters. The van der Waals surface area contributed by atoms with Gasteiger partial charge < -0.3 is 0 Å². The summed E-state index contributed by atoms with van der Waals surface area (Å²) in [6.45, 7) is 6.03. The first-order valence-electron chi connectivity index (χ1n) is 7.05. The molecule has 0 aromatic carbocycles. The van der Waals surface area contributed by atoms with Gasteiger partial charge in [0.05, 0.1) is 18.1 Å². The Kier molecular flexibility index (Phi) is 6.01. The lowest BCUT2D eigenvalue weighted by Crippen LogP contribution is -2.47. The number of piperazine rings is 1. The summed E-state index contributed by atoms with van der Waals surface area (Å²) in [4.78, 5) is 6.25. The smallest absolute Gasteiger partial charge is 0.0669 e. The summed E-state index contributed by atoms with van der Waals surface area (Å²) in [5, 5.41) is 19.8. The summed E-state index contributed by atoms with van der Waals surface area (Å²) in [6.07, 6.45) is 1.18. The van der Waals surface area contributed by atoms with E-state index in [-0.39, 0.29) is 5.92 Å². The van der Waals surface area contributed by atoms with Crippen molar-refractivity contribution < 1.29 is 0 Å². The van der Waals surface area contributed by atoms with Gasteiger partial charge in [-0.05, 0) is 17.9 Å². The van der Waals surface area contributed by atoms with E-state index in [4.69, 9.17) is 10.5 Å². The Labute approximate surface area is 124 Å². The molecule has 1 saturated heterocycles. The van der Waals surface area contributed by atoms with Crippen molar-refractivity contribution in [3.63, 3.8) is 0 Å². The Hall–Kier alpha value is -1.40. The molecule has 2 rings (SSSR count). The van der Waals surface area contributed by atoms with Crippen LogP contribution in [0.15, 0.2) is 17.5 Å². The van der Waals surface area contributed by atoms with Crippen LogP contribution in [0.2, 0.25) is 0 Å². The second-order valence-corrected chi connectivity index (χ2v) is 6.21. The topological polar surface area (TPSA) is 54.1 Å². The molecule has 4 nitrogen and oxygen atoms in total. The Bertz CT molecular complexity index is 463. The van der Waals surface area contributed by atoms with E-state index in [1.807, 2.05) is 11.3 Å². The molecule has 0 bridgehead atoms. The first kappa shape index (κ1) is 15.0. The minimum atomic E-state index is -0.00139. The van der Waals surface area contributed by atoms with E-state index < -0.39 is 0 Å². The number of rotatable bonds is 6. The number of nitrogens with zero attached hydrogens (tertiary/aromatic N) is 4. The van der Waals surface area contributed by atoms with Crippen molar-refractivity contribution in [2.45, 2.75) is 19.4 Å². The molecular weight excluding hydrogens is 268 g/mol. The van der Waals surface area contributed by atoms with Crippen LogP contribution >= 0.6 is 11.3 Å². The Morgan fingerprint density at radius 2 is 1.95 bits per heavy atom. The maximum Gasteiger partial charge on any atom is 0.0669 e. The zero-order valence-corrected chi connectivity index (χ0v) is 12.5. The quantitative estimate of drug-likeness (QED) is 0.806. The third kappa shape index (κ3) is 4.61. The molecule has 1 atom stereocenters. The minimum absolute atomic E-state index is 0.00139. The minimum Gasteiger partial charge on any atom is -0.299 e. The monoisotopic (exact) mass is 288 g/mol. The van der Waals surface area contributed by atoms with E-state index >= 15 is 0 Å². The Balaban J connectivity index is 1.71. The maximum absolute atomic E-state index is 9.11. The van der Waals surface area contributed by atoms with Crippen LogP contribution in [-0.2, 0) is 6.54 Å². The van der Waals surface area contributed by atoms with Crippen molar-refractivity contribution in [1.29, 1.82) is 10.5 Å². The molecule has 1 aliphatic rings. The van der Waals surface area contributed by atoms with Crippen molar-refractivity contribution in [3.05, 3.63) is 22.4 Å². The second-order valence-electron chi connectivity index (χ2n) is 5.18. The molecule has 0 saturated carbocycles. The highest BCUT2D eigenvalue weighted by Crippen LogP contribution is 2.15. The van der Waals surface area contributed by atoms with E-state index in [0.717, 1.165) is 39.3 Å². The maximum atomic E-state index is 9.11. The van der Waals surface area contributed by atoms with Gasteiger partial charge in [-0.15, -0.1) is 11.3 Å². The SMILES string of the molecule is N#CCC[C@H](C#N)CN1CCN(Cc2cccs2)CC1. The van der Waals surface area contributed by atoms with Gasteiger partial charge in [0.15, 0.2) is 0 Å². The van der Waals surface area contributed by atoms with Gasteiger partial charge >= 0.3 is 0 Å². The van der Waals surface area contributed by atoms with Gasteiger partial charge in [-0.25, -0.2) is 0 Å². The van der Waals surface area contributed by atoms with Crippen LogP contribution in [0.4, 0.5) is 0 Å². The molecule has 2 heterocycles. The van der Waals surface area contributed by atoms with E-state index in [9.17, 15) is 0 Å². The summed E-state index contributed by atoms with van der Waals surface area (Å²) in [7, 11) is 0. The van der Waals surface area contributed by atoms with E-state index in [2.05, 4.69) is 39.5 Å². The Morgan fingerprint density at radius 3 is 2.55 bits per heavy atom. The van der Waals surface area contributed by atoms with Crippen LogP contribution in [0.5, 0.6) is 0 Å². The molecule has 0 aliphatic carbocycles. The van der Waals surface area contributed by atoms with Crippen LogP contribution in [-0.4, -0.2) is 42.5 Å². The van der Waals surface area contributed by atoms with Crippen LogP contribution in [0.1, 0.15) is 17.7 Å². The largest absolute Gasteiger partial charge is 0.299 e. The summed E-state index contributed by atoms with van der Waals surface area (Å²) in [5.74, 6) is -0.00139. The predicted molar refractivity (Wildman–Crippen MR) is 80.0 cm³/mol. The molecule has 1 aliphatic heterocycles. The predicted octanol–water partition coefficient (Wildman–Crippen LogP) is 2.31. The van der Waals surface area contributed by atoms with Crippen molar-refractivity contribution in [3.8, 4) is 12.1 Å². The van der Waals surface area contributed by atoms with Gasteiger partial charge in [-0.3, -0.25) is 9.80 Å². The summed E-state index contributed by atoms with van der Waals surface area (Å²) >= 11 is 1.81. The lowest BCUT2D eigenvalue weighted by molar-refractivity contribution is 0.119. The molecule has 0 radical (unpaired) electrons. The van der Waals surface area contributed by atoms with Gasteiger partial charge in [-0.2, -0.15) is 10.5 Å². The second kappa shape index (κ2) is 8.01. The van der Waals surface area contributed by atoms with Gasteiger partial charge in [0.1, 0.15) is 0 Å². The van der Waals surface area contributed by atoms with E-state index in [0.29, 0.717) is 12.8 Å². The van der Waals surface area contributed by atoms with Crippen molar-refractivity contribution in [2.75, 3.05) is 32.7 Å². The summed E-state index contributed by atoms with van der Waals surface area (Å²) in [5.41, 5.74) is 0. The van der Waals surface area contributed by atoms with Crippen molar-refractivity contribution >= 4 is 11.3 Å². The standard InChI is InChI=1S/C15H20N4S/c16-5-1-3-14(11-17)12-18-6-8-19(9-7-18)13-15-4-2-10-20-15/h2,4,10,14H,1,3,6-9,12-13H2/t14-/m1/s1. The number of nitriles is 2. The number of hydrogen-bond acceptors (Lipinski definition) is 5. The van der Waals surface area contributed by atoms with Gasteiger partial charge in [0.25, 0.3) is 0 Å². The lowest BCUT2D eigenvalue weighted by Gasteiger charge is -2.35. The van der Waals surface area contributed by atoms with Gasteiger partial charge in [0, 0.05) is 50.6 Å². The molecule has 20 heavy (non-hydrogen) atoms. The molecule has 1 aromatic heterocycles. The third-order valence-corrected chi connectivity index (χ3v) is 4.55. The zero-order chi connectivity index (χ0) is 14.2. The highest BCUT2D eigenvalue weighted by Gasteiger charge is 2.20. The van der Waals surface area contributed by atoms with Crippen LogP contribution in [0, 0.1) is 28.6 Å². The van der Waals surface area contributed by atoms with Crippen molar-refractivity contribution in [2.24, 2.45) is 5.92 Å². The number of thiophene rings is 1. The molecule has 5 heteroatoms. The lowest BCUT2D eigenvalue weighted by atomic mass is 10.0. The fourth-order valence-corrected chi connectivity index (χ4v) is 3.25. The molecule has 1 fully saturated rings. The summed E-state index contributed by atoms with van der Waals surface area (Å²) in [6, 6.07) is 8.74. The van der Waals surface area contributed by atoms with E-state index in [1.165, 1.54) is 4.88 Å². The van der Waals surface area contributed by atoms with E-state index in [1.54, 1.807) is 0 Å². The first-order valence-corrected chi connectivity index (χ1v) is 7.93. The van der Waals surface area contributed by atoms with Gasteiger partial charge in [0.2, 0.25) is 0 Å². The van der Waals surface area contributed by atoms with Gasteiger partial charge in [-0.1, -0.05) is 6.07 Å². The summed E-state index contributed by atoms with van der Waals surface area (Å²) < 4.78 is 0. The Morgan fingerprint density at radius 1 is 1.20 bits per heavy atom. The zero-order valence-electron chi connectivity index (χ0n) is 11.7. The number of hydrogen-bond donors (Lipinski definition) is 0. The van der Waals surface area contributed by atoms with Crippen molar-refractivity contribution in [1.82, 2.24) is 9.80 Å². The first-order chi connectivity index (χ1) is 9.81. The highest BCUT2D eigenvalue weighted by molar-refractivity contribution is 7.09. The molecule has 1 aromatic rings. The van der Waals surface area contributed by atoms with Crippen LogP contribution < -0.4 is 0 Å². The molecule has 0 amide bonds. The normalized spacial score (nSPS) is 18.3. The average molecular weight is 288 g/mol. The fraction of sp³-hybridized carbons (Fsp3) is 0.600. The van der Waals surface area contributed by atoms with Crippen LogP contribution in [0.25, 0.3) is 0 Å². The molecule has 0 N–H and O–H groups in total. The molecule has 106 valence electrons. The third-order valence-electron chi connectivity index (χ3n) is 3.69. The molecular formula is C15H20N4S. The average Bonchev–Trinajstić information content (AvgIpc) is 2.98. The fourth-order valence-electron chi connectivity index (χ4n) is 2.50. The highest BCUT2D eigenvalue weighted by atomic mass is 32.1. The molecule has 0 spiro atoms. The van der Waals surface area contributed by atoms with Crippen LogP contribution in [0.3, 0.4) is 0 Å².